The van der Waals surface area contributed by atoms with Gasteiger partial charge in [-0.2, -0.15) is 0 Å². The summed E-state index contributed by atoms with van der Waals surface area (Å²) in [7, 11) is 0. The lowest BCUT2D eigenvalue weighted by molar-refractivity contribution is -0.126. The van der Waals surface area contributed by atoms with Gasteiger partial charge in [-0.15, -0.1) is 0 Å². The highest BCUT2D eigenvalue weighted by molar-refractivity contribution is 6.33. The molecule has 3 aromatic rings. The van der Waals surface area contributed by atoms with Crippen LogP contribution in [0.3, 0.4) is 0 Å². The standard InChI is InChI=1S/C25H30ClN7O2/c1-15(24(34)32-20-13-35-14-20)18-11-29-25(30-12-18)28-10-16-2-5-19(6-3-16)31-21-7-4-17-8-9-27-23(26)22(17)33-21/h4,7-9,11-12,15-16,19-20H,2-3,5-6,10,13-14H2,1H3,(H,31,33)(H,32,34)(H,28,29,30)/t15-,16?,19?/m0/s1. The van der Waals surface area contributed by atoms with Crippen LogP contribution in [0.5, 0.6) is 0 Å². The summed E-state index contributed by atoms with van der Waals surface area (Å²) < 4.78 is 5.10. The number of nitrogens with zero attached hydrogens (tertiary/aromatic N) is 4. The van der Waals surface area contributed by atoms with E-state index in [9.17, 15) is 4.79 Å². The summed E-state index contributed by atoms with van der Waals surface area (Å²) in [5.41, 5.74) is 1.53. The van der Waals surface area contributed by atoms with Gasteiger partial charge in [0.2, 0.25) is 11.9 Å². The number of carbonyl (C=O) groups excluding carboxylic acids is 1. The number of aromatic nitrogens is 4. The molecule has 35 heavy (non-hydrogen) atoms. The van der Waals surface area contributed by atoms with Gasteiger partial charge >= 0.3 is 0 Å². The van der Waals surface area contributed by atoms with Crippen molar-refractivity contribution in [3.05, 3.63) is 47.5 Å². The Morgan fingerprint density at radius 2 is 1.86 bits per heavy atom. The number of fused-ring (bicyclic) bond motifs is 1. The topological polar surface area (TPSA) is 114 Å². The minimum absolute atomic E-state index is 0.0216. The molecule has 3 N–H and O–H groups in total. The van der Waals surface area contributed by atoms with Gasteiger partial charge < -0.3 is 20.7 Å². The lowest BCUT2D eigenvalue weighted by Gasteiger charge is -2.29. The molecule has 4 heterocycles. The Balaban J connectivity index is 1.06. The van der Waals surface area contributed by atoms with Crippen LogP contribution in [0.2, 0.25) is 5.15 Å². The van der Waals surface area contributed by atoms with E-state index in [4.69, 9.17) is 16.3 Å². The quantitative estimate of drug-likeness (QED) is 0.404. The number of rotatable bonds is 8. The summed E-state index contributed by atoms with van der Waals surface area (Å²) in [6.45, 7) is 3.87. The SMILES string of the molecule is C[C@H](C(=O)NC1COC1)c1cnc(NCC2CCC(Nc3ccc4ccnc(Cl)c4n3)CC2)nc1. The molecule has 10 heteroatoms. The molecule has 0 bridgehead atoms. The van der Waals surface area contributed by atoms with Gasteiger partial charge in [0, 0.05) is 42.1 Å². The van der Waals surface area contributed by atoms with Crippen LogP contribution < -0.4 is 16.0 Å². The molecule has 1 saturated heterocycles. The molecule has 0 unspecified atom stereocenters. The number of anilines is 2. The van der Waals surface area contributed by atoms with Gasteiger partial charge in [0.15, 0.2) is 5.15 Å². The third-order valence-corrected chi connectivity index (χ3v) is 7.14. The second-order valence-electron chi connectivity index (χ2n) is 9.42. The fourth-order valence-electron chi connectivity index (χ4n) is 4.50. The first-order valence-electron chi connectivity index (χ1n) is 12.2. The predicted octanol–water partition coefficient (Wildman–Crippen LogP) is 3.77. The highest BCUT2D eigenvalue weighted by atomic mass is 35.5. The smallest absolute Gasteiger partial charge is 0.227 e. The zero-order chi connectivity index (χ0) is 24.2. The number of hydrogen-bond acceptors (Lipinski definition) is 8. The average Bonchev–Trinajstić information content (AvgIpc) is 2.86. The summed E-state index contributed by atoms with van der Waals surface area (Å²) in [5.74, 6) is 1.68. The third kappa shape index (κ3) is 5.79. The van der Waals surface area contributed by atoms with Crippen molar-refractivity contribution in [2.45, 2.75) is 50.6 Å². The Kier molecular flexibility index (Phi) is 7.24. The molecule has 184 valence electrons. The van der Waals surface area contributed by atoms with Crippen LogP contribution in [-0.4, -0.2) is 57.7 Å². The van der Waals surface area contributed by atoms with Crippen molar-refractivity contribution in [3.8, 4) is 0 Å². The maximum atomic E-state index is 12.3. The maximum Gasteiger partial charge on any atom is 0.227 e. The molecule has 5 rings (SSSR count). The van der Waals surface area contributed by atoms with E-state index in [1.165, 1.54) is 0 Å². The van der Waals surface area contributed by atoms with E-state index in [0.29, 0.717) is 36.3 Å². The van der Waals surface area contributed by atoms with Crippen LogP contribution in [-0.2, 0) is 9.53 Å². The molecule has 9 nitrogen and oxygen atoms in total. The Hall–Kier alpha value is -3.04. The van der Waals surface area contributed by atoms with Gasteiger partial charge in [0.1, 0.15) is 11.3 Å². The van der Waals surface area contributed by atoms with Crippen molar-refractivity contribution in [3.63, 3.8) is 0 Å². The van der Waals surface area contributed by atoms with E-state index in [1.54, 1.807) is 18.6 Å². The van der Waals surface area contributed by atoms with E-state index < -0.39 is 0 Å². The van der Waals surface area contributed by atoms with E-state index >= 15 is 0 Å². The Labute approximate surface area is 209 Å². The van der Waals surface area contributed by atoms with E-state index in [-0.39, 0.29) is 17.9 Å². The Bertz CT molecular complexity index is 1160. The monoisotopic (exact) mass is 495 g/mol. The van der Waals surface area contributed by atoms with Crippen LogP contribution in [0.1, 0.15) is 44.1 Å². The molecule has 1 aliphatic heterocycles. The first-order valence-corrected chi connectivity index (χ1v) is 12.5. The minimum Gasteiger partial charge on any atom is -0.377 e. The fraction of sp³-hybridized carbons (Fsp3) is 0.480. The van der Waals surface area contributed by atoms with E-state index in [2.05, 4.69) is 35.9 Å². The normalized spacial score (nSPS) is 21.2. The summed E-state index contributed by atoms with van der Waals surface area (Å²) >= 11 is 6.20. The molecule has 0 spiro atoms. The first-order chi connectivity index (χ1) is 17.0. The number of halogens is 1. The van der Waals surface area contributed by atoms with Crippen molar-refractivity contribution in [2.24, 2.45) is 5.92 Å². The van der Waals surface area contributed by atoms with Gasteiger partial charge in [0.05, 0.1) is 25.2 Å². The number of pyridine rings is 2. The summed E-state index contributed by atoms with van der Waals surface area (Å²) in [6.07, 6.45) is 9.53. The van der Waals surface area contributed by atoms with Crippen molar-refractivity contribution < 1.29 is 9.53 Å². The van der Waals surface area contributed by atoms with Gasteiger partial charge in [-0.25, -0.2) is 19.9 Å². The number of ether oxygens (including phenoxy) is 1. The zero-order valence-electron chi connectivity index (χ0n) is 19.7. The molecule has 0 aromatic carbocycles. The van der Waals surface area contributed by atoms with E-state index in [0.717, 1.165) is 54.5 Å². The van der Waals surface area contributed by atoms with Crippen molar-refractivity contribution in [1.82, 2.24) is 25.3 Å². The molecule has 1 atom stereocenters. The molecular weight excluding hydrogens is 466 g/mol. The molecule has 2 aliphatic rings. The fourth-order valence-corrected chi connectivity index (χ4v) is 4.71. The third-order valence-electron chi connectivity index (χ3n) is 6.86. The van der Waals surface area contributed by atoms with Crippen LogP contribution in [0.25, 0.3) is 10.9 Å². The second-order valence-corrected chi connectivity index (χ2v) is 9.78. The average molecular weight is 496 g/mol. The molecule has 1 saturated carbocycles. The lowest BCUT2D eigenvalue weighted by Crippen LogP contribution is -2.49. The zero-order valence-corrected chi connectivity index (χ0v) is 20.5. The summed E-state index contributed by atoms with van der Waals surface area (Å²) in [6, 6.07) is 6.45. The highest BCUT2D eigenvalue weighted by Crippen LogP contribution is 2.28. The molecule has 1 amide bonds. The summed E-state index contributed by atoms with van der Waals surface area (Å²) in [5, 5.41) is 11.3. The van der Waals surface area contributed by atoms with Crippen LogP contribution in [0.4, 0.5) is 11.8 Å². The lowest BCUT2D eigenvalue weighted by atomic mass is 9.86. The predicted molar refractivity (Wildman–Crippen MR) is 136 cm³/mol. The van der Waals surface area contributed by atoms with Gasteiger partial charge in [-0.1, -0.05) is 11.6 Å². The minimum atomic E-state index is -0.295. The summed E-state index contributed by atoms with van der Waals surface area (Å²) in [4.78, 5) is 29.9. The Morgan fingerprint density at radius 1 is 1.09 bits per heavy atom. The number of amides is 1. The van der Waals surface area contributed by atoms with Crippen LogP contribution in [0.15, 0.2) is 36.8 Å². The van der Waals surface area contributed by atoms with Crippen molar-refractivity contribution in [1.29, 1.82) is 0 Å². The molecular formula is C25H30ClN7O2. The van der Waals surface area contributed by atoms with Gasteiger partial charge in [-0.05, 0) is 56.7 Å². The molecule has 3 aromatic heterocycles. The second kappa shape index (κ2) is 10.7. The molecule has 0 radical (unpaired) electrons. The van der Waals surface area contributed by atoms with Crippen LogP contribution >= 0.6 is 11.6 Å². The van der Waals surface area contributed by atoms with Crippen molar-refractivity contribution in [2.75, 3.05) is 30.4 Å². The van der Waals surface area contributed by atoms with E-state index in [1.807, 2.05) is 25.1 Å². The molecule has 1 aliphatic carbocycles. The van der Waals surface area contributed by atoms with Gasteiger partial charge in [-0.3, -0.25) is 4.79 Å². The highest BCUT2D eigenvalue weighted by Gasteiger charge is 2.25. The van der Waals surface area contributed by atoms with Gasteiger partial charge in [0.25, 0.3) is 0 Å². The van der Waals surface area contributed by atoms with Crippen LogP contribution in [0, 0.1) is 5.92 Å². The largest absolute Gasteiger partial charge is 0.377 e. The Morgan fingerprint density at radius 3 is 2.57 bits per heavy atom. The number of nitrogens with one attached hydrogen (secondary N) is 3. The number of hydrogen-bond donors (Lipinski definition) is 3. The molecule has 2 fully saturated rings. The first kappa shape index (κ1) is 23.7. The maximum absolute atomic E-state index is 12.3. The van der Waals surface area contributed by atoms with Crippen molar-refractivity contribution >= 4 is 40.2 Å². The number of carbonyl (C=O) groups is 1.